The summed E-state index contributed by atoms with van der Waals surface area (Å²) in [5.74, 6) is 0. The Balaban J connectivity index is 2.57. The van der Waals surface area contributed by atoms with Crippen LogP contribution in [0.4, 0.5) is 0 Å². The number of carbonyl (C=O) groups is 1. The van der Waals surface area contributed by atoms with E-state index in [9.17, 15) is 4.79 Å². The molecule has 0 bridgehead atoms. The first-order valence-corrected chi connectivity index (χ1v) is 4.91. The number of benzene rings is 1. The number of hydrogen-bond acceptors (Lipinski definition) is 2. The summed E-state index contributed by atoms with van der Waals surface area (Å²) in [4.78, 5) is 10.8. The Bertz CT molecular complexity index is 508. The first-order chi connectivity index (χ1) is 7.20. The minimum atomic E-state index is 0.474. The Kier molecular flexibility index (Phi) is 2.75. The molecule has 0 radical (unpaired) electrons. The highest BCUT2D eigenvalue weighted by atomic mass is 35.5. The second-order valence-electron chi connectivity index (χ2n) is 2.92. The van der Waals surface area contributed by atoms with Gasteiger partial charge in [0.25, 0.3) is 0 Å². The van der Waals surface area contributed by atoms with Crippen LogP contribution in [0.15, 0.2) is 30.6 Å². The van der Waals surface area contributed by atoms with Crippen molar-refractivity contribution in [1.82, 2.24) is 9.78 Å². The molecule has 0 amide bonds. The van der Waals surface area contributed by atoms with Crippen LogP contribution < -0.4 is 0 Å². The summed E-state index contributed by atoms with van der Waals surface area (Å²) in [5, 5.41) is 5.04. The van der Waals surface area contributed by atoms with Crippen LogP contribution in [0.3, 0.4) is 0 Å². The van der Waals surface area contributed by atoms with Gasteiger partial charge in [-0.05, 0) is 18.2 Å². The van der Waals surface area contributed by atoms with E-state index in [0.717, 1.165) is 6.29 Å². The third kappa shape index (κ3) is 2.03. The molecule has 0 N–H and O–H groups in total. The summed E-state index contributed by atoms with van der Waals surface area (Å²) in [7, 11) is 0. The van der Waals surface area contributed by atoms with E-state index in [2.05, 4.69) is 5.10 Å². The van der Waals surface area contributed by atoms with E-state index in [-0.39, 0.29) is 0 Å². The zero-order chi connectivity index (χ0) is 10.8. The third-order valence-corrected chi connectivity index (χ3v) is 2.34. The molecular formula is C10H6Cl2N2O. The second kappa shape index (κ2) is 4.04. The molecule has 0 aliphatic carbocycles. The molecule has 0 saturated heterocycles. The zero-order valence-electron chi connectivity index (χ0n) is 7.52. The monoisotopic (exact) mass is 240 g/mol. The molecule has 0 unspecified atom stereocenters. The third-order valence-electron chi connectivity index (χ3n) is 1.91. The van der Waals surface area contributed by atoms with Gasteiger partial charge in [-0.25, -0.2) is 4.68 Å². The molecule has 1 aromatic carbocycles. The van der Waals surface area contributed by atoms with Crippen molar-refractivity contribution in [2.75, 3.05) is 0 Å². The van der Waals surface area contributed by atoms with Crippen LogP contribution >= 0.6 is 23.2 Å². The van der Waals surface area contributed by atoms with Crippen molar-refractivity contribution in [3.63, 3.8) is 0 Å². The van der Waals surface area contributed by atoms with Crippen LogP contribution in [0, 0.1) is 0 Å². The maximum atomic E-state index is 10.8. The fraction of sp³-hybridized carbons (Fsp3) is 0. The predicted molar refractivity (Wildman–Crippen MR) is 59.0 cm³/mol. The topological polar surface area (TPSA) is 34.9 Å². The Morgan fingerprint density at radius 2 is 2.07 bits per heavy atom. The molecule has 0 atom stereocenters. The molecule has 1 aromatic heterocycles. The SMILES string of the molecule is O=Cc1cc(Cl)ccc1-n1cc(Cl)cn1. The van der Waals surface area contributed by atoms with Crippen molar-refractivity contribution in [3.05, 3.63) is 46.2 Å². The summed E-state index contributed by atoms with van der Waals surface area (Å²) < 4.78 is 1.53. The predicted octanol–water partition coefficient (Wildman–Crippen LogP) is 2.99. The van der Waals surface area contributed by atoms with Crippen molar-refractivity contribution < 1.29 is 4.79 Å². The van der Waals surface area contributed by atoms with E-state index in [4.69, 9.17) is 23.2 Å². The van der Waals surface area contributed by atoms with E-state index in [1.807, 2.05) is 0 Å². The molecule has 0 fully saturated rings. The fourth-order valence-electron chi connectivity index (χ4n) is 1.26. The number of aldehydes is 1. The largest absolute Gasteiger partial charge is 0.298 e. The lowest BCUT2D eigenvalue weighted by Crippen LogP contribution is -1.98. The quantitative estimate of drug-likeness (QED) is 0.757. The van der Waals surface area contributed by atoms with Crippen molar-refractivity contribution in [1.29, 1.82) is 0 Å². The first kappa shape index (κ1) is 10.2. The molecule has 2 rings (SSSR count). The van der Waals surface area contributed by atoms with E-state index in [0.29, 0.717) is 21.3 Å². The molecule has 15 heavy (non-hydrogen) atoms. The maximum absolute atomic E-state index is 10.8. The smallest absolute Gasteiger partial charge is 0.152 e. The van der Waals surface area contributed by atoms with Gasteiger partial charge in [-0.2, -0.15) is 5.10 Å². The number of rotatable bonds is 2. The Morgan fingerprint density at radius 1 is 1.27 bits per heavy atom. The molecule has 0 saturated carbocycles. The van der Waals surface area contributed by atoms with Gasteiger partial charge in [0.05, 0.1) is 16.9 Å². The standard InChI is InChI=1S/C10H6Cl2N2O/c11-8-1-2-10(7(3-8)6-15)14-5-9(12)4-13-14/h1-6H. The lowest BCUT2D eigenvalue weighted by molar-refractivity contribution is 0.112. The van der Waals surface area contributed by atoms with Crippen molar-refractivity contribution >= 4 is 29.5 Å². The van der Waals surface area contributed by atoms with Crippen molar-refractivity contribution in [2.24, 2.45) is 0 Å². The summed E-state index contributed by atoms with van der Waals surface area (Å²) >= 11 is 11.5. The maximum Gasteiger partial charge on any atom is 0.152 e. The van der Waals surface area contributed by atoms with Crippen molar-refractivity contribution in [3.8, 4) is 5.69 Å². The second-order valence-corrected chi connectivity index (χ2v) is 3.80. The summed E-state index contributed by atoms with van der Waals surface area (Å²) in [6.07, 6.45) is 3.86. The van der Waals surface area contributed by atoms with Gasteiger partial charge in [-0.1, -0.05) is 23.2 Å². The molecule has 76 valence electrons. The highest BCUT2D eigenvalue weighted by Crippen LogP contribution is 2.19. The average Bonchev–Trinajstić information content (AvgIpc) is 2.64. The number of aromatic nitrogens is 2. The van der Waals surface area contributed by atoms with Gasteiger partial charge in [0.1, 0.15) is 0 Å². The average molecular weight is 241 g/mol. The molecule has 0 spiro atoms. The summed E-state index contributed by atoms with van der Waals surface area (Å²) in [6.45, 7) is 0. The van der Waals surface area contributed by atoms with E-state index in [1.54, 1.807) is 24.4 Å². The molecular weight excluding hydrogens is 235 g/mol. The van der Waals surface area contributed by atoms with Gasteiger partial charge in [-0.3, -0.25) is 4.79 Å². The van der Waals surface area contributed by atoms with Gasteiger partial charge in [0, 0.05) is 16.8 Å². The highest BCUT2D eigenvalue weighted by Gasteiger charge is 2.05. The van der Waals surface area contributed by atoms with Gasteiger partial charge in [0.2, 0.25) is 0 Å². The Hall–Kier alpha value is -1.32. The van der Waals surface area contributed by atoms with Crippen LogP contribution in [0.2, 0.25) is 10.0 Å². The number of nitrogens with zero attached hydrogens (tertiary/aromatic N) is 2. The molecule has 3 nitrogen and oxygen atoms in total. The van der Waals surface area contributed by atoms with Gasteiger partial charge < -0.3 is 0 Å². The number of carbonyl (C=O) groups excluding carboxylic acids is 1. The lowest BCUT2D eigenvalue weighted by atomic mass is 10.2. The fourth-order valence-corrected chi connectivity index (χ4v) is 1.58. The Labute approximate surface area is 96.2 Å². The van der Waals surface area contributed by atoms with Crippen LogP contribution in [-0.4, -0.2) is 16.1 Å². The van der Waals surface area contributed by atoms with Crippen LogP contribution in [0.1, 0.15) is 10.4 Å². The minimum absolute atomic E-state index is 0.474. The van der Waals surface area contributed by atoms with E-state index in [1.165, 1.54) is 10.9 Å². The van der Waals surface area contributed by atoms with Gasteiger partial charge in [-0.15, -0.1) is 0 Å². The number of halogens is 2. The molecule has 5 heteroatoms. The molecule has 2 aromatic rings. The summed E-state index contributed by atoms with van der Waals surface area (Å²) in [5.41, 5.74) is 1.13. The minimum Gasteiger partial charge on any atom is -0.298 e. The van der Waals surface area contributed by atoms with Gasteiger partial charge in [0.15, 0.2) is 6.29 Å². The molecule has 1 heterocycles. The zero-order valence-corrected chi connectivity index (χ0v) is 9.03. The van der Waals surface area contributed by atoms with Crippen molar-refractivity contribution in [2.45, 2.75) is 0 Å². The highest BCUT2D eigenvalue weighted by molar-refractivity contribution is 6.31. The van der Waals surface area contributed by atoms with Crippen LogP contribution in [0.5, 0.6) is 0 Å². The van der Waals surface area contributed by atoms with E-state index < -0.39 is 0 Å². The van der Waals surface area contributed by atoms with Crippen LogP contribution in [-0.2, 0) is 0 Å². The van der Waals surface area contributed by atoms with Gasteiger partial charge >= 0.3 is 0 Å². The van der Waals surface area contributed by atoms with Crippen LogP contribution in [0.25, 0.3) is 5.69 Å². The Morgan fingerprint density at radius 3 is 2.67 bits per heavy atom. The number of hydrogen-bond donors (Lipinski definition) is 0. The normalized spacial score (nSPS) is 10.3. The van der Waals surface area contributed by atoms with E-state index >= 15 is 0 Å². The molecule has 0 aliphatic rings. The molecule has 0 aliphatic heterocycles. The lowest BCUT2D eigenvalue weighted by Gasteiger charge is -2.04. The summed E-state index contributed by atoms with van der Waals surface area (Å²) in [6, 6.07) is 4.99. The first-order valence-electron chi connectivity index (χ1n) is 4.16.